The van der Waals surface area contributed by atoms with Crippen molar-refractivity contribution < 1.29 is 9.13 Å². The molecule has 6 heteroatoms. The third kappa shape index (κ3) is 8.68. The van der Waals surface area contributed by atoms with Crippen molar-refractivity contribution in [3.05, 3.63) is 168 Å². The number of rotatable bonds is 11. The molecule has 6 aromatic rings. The molecule has 6 rings (SSSR count). The smallest absolute Gasteiger partial charge is 0.175 e. The first kappa shape index (κ1) is 32.1. The van der Waals surface area contributed by atoms with Crippen LogP contribution in [0.4, 0.5) is 11.4 Å². The molecule has 48 heavy (non-hydrogen) atoms. The fraction of sp³-hybridized carbons (Fsp3) is 0.143. The highest BCUT2D eigenvalue weighted by atomic mass is 15.1. The van der Waals surface area contributed by atoms with Crippen LogP contribution in [0.3, 0.4) is 0 Å². The van der Waals surface area contributed by atoms with Gasteiger partial charge in [-0.05, 0) is 70.8 Å². The number of pyridine rings is 4. The van der Waals surface area contributed by atoms with Gasteiger partial charge >= 0.3 is 0 Å². The second-order valence-corrected chi connectivity index (χ2v) is 12.3. The van der Waals surface area contributed by atoms with Gasteiger partial charge in [0.2, 0.25) is 0 Å². The summed E-state index contributed by atoms with van der Waals surface area (Å²) in [7, 11) is 8.21. The maximum Gasteiger partial charge on any atom is 0.175 e. The van der Waals surface area contributed by atoms with Gasteiger partial charge in [0.05, 0.1) is 11.4 Å². The Kier molecular flexibility index (Phi) is 10.1. The van der Waals surface area contributed by atoms with E-state index in [2.05, 4.69) is 181 Å². The van der Waals surface area contributed by atoms with Crippen molar-refractivity contribution in [2.75, 3.05) is 38.0 Å². The summed E-state index contributed by atoms with van der Waals surface area (Å²) in [6.45, 7) is 1.51. The average molecular weight is 631 g/mol. The van der Waals surface area contributed by atoms with Crippen LogP contribution in [-0.4, -0.2) is 38.2 Å². The first-order chi connectivity index (χ1) is 23.4. The highest BCUT2D eigenvalue weighted by molar-refractivity contribution is 5.71. The first-order valence-electron chi connectivity index (χ1n) is 16.2. The predicted octanol–water partition coefficient (Wildman–Crippen LogP) is 7.29. The summed E-state index contributed by atoms with van der Waals surface area (Å²) in [6, 6.07) is 34.0. The minimum Gasteiger partial charge on any atom is -0.378 e. The Hall–Kier alpha value is -5.88. The summed E-state index contributed by atoms with van der Waals surface area (Å²) >= 11 is 0. The zero-order chi connectivity index (χ0) is 33.3. The summed E-state index contributed by atoms with van der Waals surface area (Å²) in [5.74, 6) is 0. The minimum atomic E-state index is 0.755. The molecule has 0 aliphatic carbocycles. The van der Waals surface area contributed by atoms with Crippen molar-refractivity contribution in [1.29, 1.82) is 0 Å². The zero-order valence-electron chi connectivity index (χ0n) is 28.1. The number of nitrogens with zero attached hydrogens (tertiary/aromatic N) is 6. The molecule has 6 nitrogen and oxygen atoms in total. The molecule has 4 heterocycles. The molecule has 0 aliphatic heterocycles. The molecule has 0 spiro atoms. The fourth-order valence-electron chi connectivity index (χ4n) is 5.28. The first-order valence-corrected chi connectivity index (χ1v) is 16.2. The predicted molar refractivity (Wildman–Crippen MR) is 198 cm³/mol. The summed E-state index contributed by atoms with van der Waals surface area (Å²) in [6.07, 6.45) is 20.9. The van der Waals surface area contributed by atoms with Crippen LogP contribution >= 0.6 is 0 Å². The van der Waals surface area contributed by atoms with E-state index in [-0.39, 0.29) is 0 Å². The lowest BCUT2D eigenvalue weighted by atomic mass is 10.1. The second-order valence-electron chi connectivity index (χ2n) is 12.3. The van der Waals surface area contributed by atoms with Gasteiger partial charge in [0.15, 0.2) is 37.9 Å². The molecule has 0 saturated heterocycles. The van der Waals surface area contributed by atoms with Crippen LogP contribution in [0.5, 0.6) is 0 Å². The van der Waals surface area contributed by atoms with E-state index in [9.17, 15) is 0 Å². The van der Waals surface area contributed by atoms with Gasteiger partial charge in [0.1, 0.15) is 0 Å². The third-order valence-corrected chi connectivity index (χ3v) is 8.23. The molecule has 0 radical (unpaired) electrons. The molecule has 0 amide bonds. The van der Waals surface area contributed by atoms with Crippen LogP contribution in [0.2, 0.25) is 0 Å². The van der Waals surface area contributed by atoms with E-state index in [1.165, 1.54) is 22.5 Å². The van der Waals surface area contributed by atoms with Gasteiger partial charge in [0, 0.05) is 87.4 Å². The summed E-state index contributed by atoms with van der Waals surface area (Å²) in [4.78, 5) is 13.6. The summed E-state index contributed by atoms with van der Waals surface area (Å²) < 4.78 is 4.33. The molecule has 0 N–H and O–H groups in total. The average Bonchev–Trinajstić information content (AvgIpc) is 3.12. The van der Waals surface area contributed by atoms with Crippen molar-refractivity contribution in [3.8, 4) is 11.4 Å². The summed E-state index contributed by atoms with van der Waals surface area (Å²) in [5.41, 5.74) is 11.1. The molecule has 0 saturated carbocycles. The molecule has 0 bridgehead atoms. The lowest BCUT2D eigenvalue weighted by Gasteiger charge is -2.11. The van der Waals surface area contributed by atoms with Crippen molar-refractivity contribution in [2.45, 2.75) is 13.1 Å². The molecular weight excluding hydrogens is 589 g/mol. The highest BCUT2D eigenvalue weighted by Crippen LogP contribution is 2.17. The molecule has 0 fully saturated rings. The van der Waals surface area contributed by atoms with Gasteiger partial charge < -0.3 is 9.80 Å². The second kappa shape index (κ2) is 15.1. The van der Waals surface area contributed by atoms with Crippen LogP contribution in [-0.2, 0) is 13.1 Å². The number of aromatic nitrogens is 4. The standard InChI is InChI=1S/C42H42N6/c1-45(2)39-15-9-33(10-16-39)5-7-35-21-25-47(26-22-35)31-37-13-19-41(43-29-37)42-20-14-38(30-44-42)32-48-27-23-36(24-28-48)8-6-34-11-17-40(18-12-34)46(3)4/h5-30H,31-32H2,1-4H3/q+2. The molecule has 2 aromatic carbocycles. The van der Waals surface area contributed by atoms with Crippen LogP contribution in [0, 0.1) is 0 Å². The third-order valence-electron chi connectivity index (χ3n) is 8.23. The fourth-order valence-corrected chi connectivity index (χ4v) is 5.28. The van der Waals surface area contributed by atoms with E-state index in [1.54, 1.807) is 0 Å². The Morgan fingerprint density at radius 2 is 0.771 bits per heavy atom. The van der Waals surface area contributed by atoms with Gasteiger partial charge in [0.25, 0.3) is 0 Å². The Bertz CT molecular complexity index is 1810. The Balaban J connectivity index is 0.999. The van der Waals surface area contributed by atoms with Gasteiger partial charge in [-0.2, -0.15) is 0 Å². The van der Waals surface area contributed by atoms with Gasteiger partial charge in [-0.25, -0.2) is 9.13 Å². The monoisotopic (exact) mass is 630 g/mol. The number of benzene rings is 2. The Labute approximate surface area is 284 Å². The molecule has 0 aliphatic rings. The van der Waals surface area contributed by atoms with Crippen LogP contribution in [0.15, 0.2) is 134 Å². The van der Waals surface area contributed by atoms with Crippen molar-refractivity contribution >= 4 is 35.7 Å². The maximum absolute atomic E-state index is 4.71. The van der Waals surface area contributed by atoms with E-state index in [1.807, 2.05) is 24.5 Å². The lowest BCUT2D eigenvalue weighted by molar-refractivity contribution is -0.688. The summed E-state index contributed by atoms with van der Waals surface area (Å²) in [5, 5.41) is 0. The quantitative estimate of drug-likeness (QED) is 0.141. The van der Waals surface area contributed by atoms with Crippen LogP contribution in [0.25, 0.3) is 35.7 Å². The van der Waals surface area contributed by atoms with E-state index in [0.717, 1.165) is 46.7 Å². The lowest BCUT2D eigenvalue weighted by Crippen LogP contribution is -2.33. The van der Waals surface area contributed by atoms with Crippen LogP contribution < -0.4 is 18.9 Å². The topological polar surface area (TPSA) is 40.0 Å². The van der Waals surface area contributed by atoms with Crippen molar-refractivity contribution in [1.82, 2.24) is 9.97 Å². The minimum absolute atomic E-state index is 0.755. The van der Waals surface area contributed by atoms with Crippen LogP contribution in [0.1, 0.15) is 33.4 Å². The normalized spacial score (nSPS) is 11.3. The van der Waals surface area contributed by atoms with Crippen molar-refractivity contribution in [3.63, 3.8) is 0 Å². The highest BCUT2D eigenvalue weighted by Gasteiger charge is 2.08. The molecular formula is C42H42N6+2. The zero-order valence-corrected chi connectivity index (χ0v) is 28.1. The van der Waals surface area contributed by atoms with Gasteiger partial charge in [-0.3, -0.25) is 9.97 Å². The van der Waals surface area contributed by atoms with E-state index in [0.29, 0.717) is 0 Å². The van der Waals surface area contributed by atoms with E-state index >= 15 is 0 Å². The largest absolute Gasteiger partial charge is 0.378 e. The van der Waals surface area contributed by atoms with E-state index in [4.69, 9.17) is 9.97 Å². The molecule has 4 aromatic heterocycles. The Morgan fingerprint density at radius 3 is 1.06 bits per heavy atom. The molecule has 238 valence electrons. The van der Waals surface area contributed by atoms with Gasteiger partial charge in [-0.1, -0.05) is 48.6 Å². The number of hydrogen-bond donors (Lipinski definition) is 0. The SMILES string of the molecule is CN(C)c1ccc(/C=C/c2cc[n+](Cc3ccc(-c4ccc(C[n+]5ccc(/C=C/c6ccc(N(C)C)cc6)cc5)cn4)nc3)cc2)cc1. The maximum atomic E-state index is 4.71. The van der Waals surface area contributed by atoms with E-state index < -0.39 is 0 Å². The molecule has 0 unspecified atom stereocenters. The number of anilines is 2. The van der Waals surface area contributed by atoms with Gasteiger partial charge in [-0.15, -0.1) is 0 Å². The Morgan fingerprint density at radius 1 is 0.438 bits per heavy atom. The molecule has 0 atom stereocenters. The van der Waals surface area contributed by atoms with Crippen molar-refractivity contribution in [2.24, 2.45) is 0 Å². The number of hydrogen-bond acceptors (Lipinski definition) is 4.